The zero-order chi connectivity index (χ0) is 13.8. The minimum Gasteiger partial charge on any atom is -0.379 e. The number of morpholine rings is 1. The van der Waals surface area contributed by atoms with E-state index in [-0.39, 0.29) is 0 Å². The van der Waals surface area contributed by atoms with Crippen molar-refractivity contribution >= 4 is 0 Å². The standard InChI is InChI=1S/C17H20N2O/c1-14(19-10-12-20-13-11-19)15-2-4-16(5-3-15)17-6-8-18-9-7-17/h2-9,14H,10-13H2,1H3. The largest absolute Gasteiger partial charge is 0.379 e. The summed E-state index contributed by atoms with van der Waals surface area (Å²) in [5.41, 5.74) is 3.82. The van der Waals surface area contributed by atoms with Crippen molar-refractivity contribution in [3.63, 3.8) is 0 Å². The van der Waals surface area contributed by atoms with Crippen molar-refractivity contribution in [3.8, 4) is 11.1 Å². The first-order chi connectivity index (χ1) is 9.84. The van der Waals surface area contributed by atoms with Crippen LogP contribution in [-0.4, -0.2) is 36.2 Å². The summed E-state index contributed by atoms with van der Waals surface area (Å²) in [6.45, 7) is 6.01. The Hall–Kier alpha value is -1.71. The van der Waals surface area contributed by atoms with Gasteiger partial charge in [0.15, 0.2) is 0 Å². The van der Waals surface area contributed by atoms with Gasteiger partial charge in [0.25, 0.3) is 0 Å². The molecule has 1 aromatic heterocycles. The molecule has 3 nitrogen and oxygen atoms in total. The Kier molecular flexibility index (Phi) is 4.09. The van der Waals surface area contributed by atoms with E-state index in [1.165, 1.54) is 16.7 Å². The highest BCUT2D eigenvalue weighted by molar-refractivity contribution is 5.62. The monoisotopic (exact) mass is 268 g/mol. The van der Waals surface area contributed by atoms with Crippen LogP contribution in [0.15, 0.2) is 48.8 Å². The van der Waals surface area contributed by atoms with E-state index in [0.717, 1.165) is 26.3 Å². The number of rotatable bonds is 3. The molecule has 3 rings (SSSR count). The topological polar surface area (TPSA) is 25.4 Å². The van der Waals surface area contributed by atoms with Crippen LogP contribution in [0.2, 0.25) is 0 Å². The predicted octanol–water partition coefficient (Wildman–Crippen LogP) is 3.14. The first-order valence-electron chi connectivity index (χ1n) is 7.17. The molecule has 104 valence electrons. The van der Waals surface area contributed by atoms with Crippen molar-refractivity contribution in [3.05, 3.63) is 54.4 Å². The van der Waals surface area contributed by atoms with Crippen LogP contribution in [0.3, 0.4) is 0 Å². The lowest BCUT2D eigenvalue weighted by molar-refractivity contribution is 0.0198. The van der Waals surface area contributed by atoms with Gasteiger partial charge in [-0.25, -0.2) is 0 Å². The molecular weight excluding hydrogens is 248 g/mol. The van der Waals surface area contributed by atoms with E-state index in [9.17, 15) is 0 Å². The molecule has 1 atom stereocenters. The zero-order valence-electron chi connectivity index (χ0n) is 11.8. The van der Waals surface area contributed by atoms with E-state index < -0.39 is 0 Å². The maximum atomic E-state index is 5.42. The van der Waals surface area contributed by atoms with Crippen molar-refractivity contribution in [2.24, 2.45) is 0 Å². The Bertz CT molecular complexity index is 533. The average Bonchev–Trinajstić information content (AvgIpc) is 2.56. The van der Waals surface area contributed by atoms with E-state index in [0.29, 0.717) is 6.04 Å². The molecule has 1 aromatic carbocycles. The van der Waals surface area contributed by atoms with Crippen LogP contribution < -0.4 is 0 Å². The molecule has 1 aliphatic rings. The first kappa shape index (κ1) is 13.3. The van der Waals surface area contributed by atoms with Crippen LogP contribution in [0, 0.1) is 0 Å². The predicted molar refractivity (Wildman–Crippen MR) is 80.5 cm³/mol. The molecule has 2 aromatic rings. The van der Waals surface area contributed by atoms with Crippen LogP contribution in [0.4, 0.5) is 0 Å². The number of benzene rings is 1. The van der Waals surface area contributed by atoms with Crippen LogP contribution in [0.25, 0.3) is 11.1 Å². The highest BCUT2D eigenvalue weighted by atomic mass is 16.5. The molecule has 1 aliphatic heterocycles. The Balaban J connectivity index is 1.75. The van der Waals surface area contributed by atoms with Gasteiger partial charge < -0.3 is 4.74 Å². The molecule has 3 heteroatoms. The Morgan fingerprint density at radius 2 is 1.55 bits per heavy atom. The summed E-state index contributed by atoms with van der Waals surface area (Å²) in [6, 6.07) is 13.4. The second-order valence-electron chi connectivity index (χ2n) is 5.18. The number of hydrogen-bond donors (Lipinski definition) is 0. The second-order valence-corrected chi connectivity index (χ2v) is 5.18. The Morgan fingerprint density at radius 1 is 0.950 bits per heavy atom. The SMILES string of the molecule is CC(c1ccc(-c2ccncc2)cc1)N1CCOCC1. The van der Waals surface area contributed by atoms with Crippen molar-refractivity contribution in [1.82, 2.24) is 9.88 Å². The molecule has 0 amide bonds. The number of nitrogens with zero attached hydrogens (tertiary/aromatic N) is 2. The first-order valence-corrected chi connectivity index (χ1v) is 7.17. The number of ether oxygens (including phenoxy) is 1. The van der Waals surface area contributed by atoms with Crippen molar-refractivity contribution in [2.75, 3.05) is 26.3 Å². The van der Waals surface area contributed by atoms with Crippen LogP contribution in [0.1, 0.15) is 18.5 Å². The molecule has 0 saturated carbocycles. The van der Waals surface area contributed by atoms with Gasteiger partial charge in [0.1, 0.15) is 0 Å². The summed E-state index contributed by atoms with van der Waals surface area (Å²) in [5, 5.41) is 0. The summed E-state index contributed by atoms with van der Waals surface area (Å²) < 4.78 is 5.42. The lowest BCUT2D eigenvalue weighted by Gasteiger charge is -2.32. The van der Waals surface area contributed by atoms with Gasteiger partial charge >= 0.3 is 0 Å². The normalized spacial score (nSPS) is 17.9. The van der Waals surface area contributed by atoms with Crippen molar-refractivity contribution < 1.29 is 4.74 Å². The van der Waals surface area contributed by atoms with Gasteiger partial charge in [-0.15, -0.1) is 0 Å². The average molecular weight is 268 g/mol. The minimum atomic E-state index is 0.449. The molecule has 1 fully saturated rings. The van der Waals surface area contributed by atoms with Gasteiger partial charge in [0, 0.05) is 31.5 Å². The van der Waals surface area contributed by atoms with E-state index in [1.54, 1.807) is 0 Å². The summed E-state index contributed by atoms with van der Waals surface area (Å²) in [6.07, 6.45) is 3.67. The van der Waals surface area contributed by atoms with Gasteiger partial charge in [-0.2, -0.15) is 0 Å². The van der Waals surface area contributed by atoms with E-state index in [4.69, 9.17) is 4.74 Å². The molecule has 2 heterocycles. The van der Waals surface area contributed by atoms with Crippen molar-refractivity contribution in [2.45, 2.75) is 13.0 Å². The number of hydrogen-bond acceptors (Lipinski definition) is 3. The fourth-order valence-electron chi connectivity index (χ4n) is 2.67. The highest BCUT2D eigenvalue weighted by Gasteiger charge is 2.18. The maximum Gasteiger partial charge on any atom is 0.0594 e. The molecule has 0 radical (unpaired) electrons. The molecule has 1 unspecified atom stereocenters. The summed E-state index contributed by atoms with van der Waals surface area (Å²) >= 11 is 0. The third-order valence-corrected chi connectivity index (χ3v) is 4.00. The van der Waals surface area contributed by atoms with Gasteiger partial charge in [-0.1, -0.05) is 24.3 Å². The molecule has 0 N–H and O–H groups in total. The third-order valence-electron chi connectivity index (χ3n) is 4.00. The lowest BCUT2D eigenvalue weighted by Crippen LogP contribution is -2.37. The van der Waals surface area contributed by atoms with Gasteiger partial charge in [-0.05, 0) is 35.7 Å². The minimum absolute atomic E-state index is 0.449. The van der Waals surface area contributed by atoms with E-state index in [1.807, 2.05) is 24.5 Å². The quantitative estimate of drug-likeness (QED) is 0.855. The second kappa shape index (κ2) is 6.16. The molecule has 1 saturated heterocycles. The Labute approximate surface area is 120 Å². The molecule has 0 bridgehead atoms. The molecule has 20 heavy (non-hydrogen) atoms. The molecular formula is C17H20N2O. The fourth-order valence-corrected chi connectivity index (χ4v) is 2.67. The highest BCUT2D eigenvalue weighted by Crippen LogP contribution is 2.24. The van der Waals surface area contributed by atoms with E-state index in [2.05, 4.69) is 41.1 Å². The summed E-state index contributed by atoms with van der Waals surface area (Å²) in [7, 11) is 0. The van der Waals surface area contributed by atoms with Crippen LogP contribution >= 0.6 is 0 Å². The van der Waals surface area contributed by atoms with Crippen LogP contribution in [-0.2, 0) is 4.74 Å². The summed E-state index contributed by atoms with van der Waals surface area (Å²) in [5.74, 6) is 0. The lowest BCUT2D eigenvalue weighted by atomic mass is 10.0. The number of aromatic nitrogens is 1. The van der Waals surface area contributed by atoms with Crippen LogP contribution in [0.5, 0.6) is 0 Å². The molecule has 0 aliphatic carbocycles. The van der Waals surface area contributed by atoms with Gasteiger partial charge in [-0.3, -0.25) is 9.88 Å². The van der Waals surface area contributed by atoms with Gasteiger partial charge in [0.2, 0.25) is 0 Å². The maximum absolute atomic E-state index is 5.42. The number of pyridine rings is 1. The zero-order valence-corrected chi connectivity index (χ0v) is 11.8. The van der Waals surface area contributed by atoms with Crippen molar-refractivity contribution in [1.29, 1.82) is 0 Å². The third kappa shape index (κ3) is 2.89. The fraction of sp³-hybridized carbons (Fsp3) is 0.353. The smallest absolute Gasteiger partial charge is 0.0594 e. The van der Waals surface area contributed by atoms with E-state index >= 15 is 0 Å². The summed E-state index contributed by atoms with van der Waals surface area (Å²) in [4.78, 5) is 6.54. The Morgan fingerprint density at radius 3 is 2.20 bits per heavy atom. The molecule has 0 spiro atoms. The van der Waals surface area contributed by atoms with Gasteiger partial charge in [0.05, 0.1) is 13.2 Å².